The van der Waals surface area contributed by atoms with Crippen molar-refractivity contribution >= 4 is 23.4 Å². The lowest BCUT2D eigenvalue weighted by Gasteiger charge is -2.12. The van der Waals surface area contributed by atoms with Gasteiger partial charge in [0.2, 0.25) is 5.91 Å². The van der Waals surface area contributed by atoms with Gasteiger partial charge in [0, 0.05) is 0 Å². The fourth-order valence-electron chi connectivity index (χ4n) is 1.29. The van der Waals surface area contributed by atoms with Gasteiger partial charge in [0.1, 0.15) is 6.07 Å². The summed E-state index contributed by atoms with van der Waals surface area (Å²) in [5.74, 6) is 0.917. The largest absolute Gasteiger partial charge is 0.324 e. The molecule has 1 aromatic carbocycles. The van der Waals surface area contributed by atoms with Gasteiger partial charge in [0.25, 0.3) is 0 Å². The fraction of sp³-hybridized carbons (Fsp3) is 0.385. The number of nitrogens with one attached hydrogen (secondary N) is 1. The standard InChI is InChI=1S/C13H16N2OS/c1-3-8-17-10(2)13(16)15-12-7-5-4-6-11(12)9-14/h4-7,10H,3,8H2,1-2H3,(H,15,16). The molecule has 1 N–H and O–H groups in total. The number of carbonyl (C=O) groups excluding carboxylic acids is 1. The van der Waals surface area contributed by atoms with E-state index < -0.39 is 0 Å². The Balaban J connectivity index is 2.65. The van der Waals surface area contributed by atoms with Crippen LogP contribution in [0.15, 0.2) is 24.3 Å². The van der Waals surface area contributed by atoms with Crippen LogP contribution in [0.5, 0.6) is 0 Å². The normalized spacial score (nSPS) is 11.6. The molecule has 0 bridgehead atoms. The Morgan fingerprint density at radius 3 is 2.88 bits per heavy atom. The molecule has 0 aliphatic rings. The van der Waals surface area contributed by atoms with Crippen molar-refractivity contribution in [1.29, 1.82) is 5.26 Å². The number of carbonyl (C=O) groups is 1. The molecule has 0 radical (unpaired) electrons. The van der Waals surface area contributed by atoms with Crippen LogP contribution in [0.3, 0.4) is 0 Å². The number of thioether (sulfide) groups is 1. The highest BCUT2D eigenvalue weighted by atomic mass is 32.2. The number of amides is 1. The summed E-state index contributed by atoms with van der Waals surface area (Å²) in [4.78, 5) is 11.8. The summed E-state index contributed by atoms with van der Waals surface area (Å²) in [7, 11) is 0. The first kappa shape index (κ1) is 13.6. The average Bonchev–Trinajstić information content (AvgIpc) is 2.36. The molecule has 1 unspecified atom stereocenters. The Morgan fingerprint density at radius 1 is 1.53 bits per heavy atom. The summed E-state index contributed by atoms with van der Waals surface area (Å²) in [5.41, 5.74) is 1.08. The van der Waals surface area contributed by atoms with E-state index in [1.54, 1.807) is 36.0 Å². The van der Waals surface area contributed by atoms with Gasteiger partial charge in [-0.25, -0.2) is 0 Å². The number of nitriles is 1. The summed E-state index contributed by atoms with van der Waals surface area (Å²) in [6.07, 6.45) is 1.05. The Bertz CT molecular complexity index is 426. The molecule has 4 heteroatoms. The smallest absolute Gasteiger partial charge is 0.237 e. The van der Waals surface area contributed by atoms with Crippen molar-refractivity contribution in [2.45, 2.75) is 25.5 Å². The minimum Gasteiger partial charge on any atom is -0.324 e. The molecule has 17 heavy (non-hydrogen) atoms. The first-order valence-corrected chi connectivity index (χ1v) is 6.65. The van der Waals surface area contributed by atoms with Crippen LogP contribution in [0.25, 0.3) is 0 Å². The molecular weight excluding hydrogens is 232 g/mol. The quantitative estimate of drug-likeness (QED) is 0.871. The van der Waals surface area contributed by atoms with E-state index >= 15 is 0 Å². The van der Waals surface area contributed by atoms with Crippen molar-refractivity contribution in [3.63, 3.8) is 0 Å². The first-order chi connectivity index (χ1) is 8.19. The van der Waals surface area contributed by atoms with Crippen LogP contribution in [0, 0.1) is 11.3 Å². The third kappa shape index (κ3) is 4.12. The fourth-order valence-corrected chi connectivity index (χ4v) is 2.09. The topological polar surface area (TPSA) is 52.9 Å². The molecule has 0 spiro atoms. The molecule has 90 valence electrons. The van der Waals surface area contributed by atoms with Crippen molar-refractivity contribution in [3.05, 3.63) is 29.8 Å². The molecule has 0 aromatic heterocycles. The second-order valence-corrected chi connectivity index (χ2v) is 5.11. The van der Waals surface area contributed by atoms with Crippen molar-refractivity contribution in [3.8, 4) is 6.07 Å². The minimum absolute atomic E-state index is 0.0499. The molecule has 0 aliphatic carbocycles. The number of hydrogen-bond acceptors (Lipinski definition) is 3. The number of benzene rings is 1. The highest BCUT2D eigenvalue weighted by Crippen LogP contribution is 2.17. The monoisotopic (exact) mass is 248 g/mol. The van der Waals surface area contributed by atoms with Crippen LogP contribution >= 0.6 is 11.8 Å². The van der Waals surface area contributed by atoms with Crippen molar-refractivity contribution in [2.75, 3.05) is 11.1 Å². The molecule has 1 aromatic rings. The van der Waals surface area contributed by atoms with Crippen molar-refractivity contribution < 1.29 is 4.79 Å². The third-order valence-electron chi connectivity index (χ3n) is 2.25. The molecule has 1 amide bonds. The van der Waals surface area contributed by atoms with E-state index in [0.717, 1.165) is 12.2 Å². The van der Waals surface area contributed by atoms with Crippen LogP contribution < -0.4 is 5.32 Å². The summed E-state index contributed by atoms with van der Waals surface area (Å²) >= 11 is 1.62. The van der Waals surface area contributed by atoms with Gasteiger partial charge in [-0.15, -0.1) is 11.8 Å². The van der Waals surface area contributed by atoms with Crippen LogP contribution in [0.1, 0.15) is 25.8 Å². The van der Waals surface area contributed by atoms with E-state index in [1.165, 1.54) is 0 Å². The maximum atomic E-state index is 11.8. The molecule has 0 saturated carbocycles. The Morgan fingerprint density at radius 2 is 2.24 bits per heavy atom. The van der Waals surface area contributed by atoms with E-state index in [9.17, 15) is 4.79 Å². The molecule has 0 aliphatic heterocycles. The average molecular weight is 248 g/mol. The number of anilines is 1. The number of rotatable bonds is 5. The number of hydrogen-bond donors (Lipinski definition) is 1. The van der Waals surface area contributed by atoms with Crippen molar-refractivity contribution in [1.82, 2.24) is 0 Å². The second-order valence-electron chi connectivity index (χ2n) is 3.66. The SMILES string of the molecule is CCCSC(C)C(=O)Nc1ccccc1C#N. The van der Waals surface area contributed by atoms with E-state index in [4.69, 9.17) is 5.26 Å². The Labute approximate surface area is 106 Å². The first-order valence-electron chi connectivity index (χ1n) is 5.60. The molecular formula is C13H16N2OS. The van der Waals surface area contributed by atoms with Crippen molar-refractivity contribution in [2.24, 2.45) is 0 Å². The summed E-state index contributed by atoms with van der Waals surface area (Å²) in [6, 6.07) is 9.09. The van der Waals surface area contributed by atoms with E-state index in [2.05, 4.69) is 18.3 Å². The van der Waals surface area contributed by atoms with Gasteiger partial charge < -0.3 is 5.32 Å². The summed E-state index contributed by atoms with van der Waals surface area (Å²) < 4.78 is 0. The highest BCUT2D eigenvalue weighted by molar-refractivity contribution is 8.00. The second kappa shape index (κ2) is 6.97. The Hall–Kier alpha value is -1.47. The van der Waals surface area contributed by atoms with Gasteiger partial charge in [-0.2, -0.15) is 5.26 Å². The van der Waals surface area contributed by atoms with Crippen LogP contribution in [0.4, 0.5) is 5.69 Å². The van der Waals surface area contributed by atoms with E-state index in [0.29, 0.717) is 11.3 Å². The van der Waals surface area contributed by atoms with Crippen LogP contribution in [-0.4, -0.2) is 16.9 Å². The van der Waals surface area contributed by atoms with Gasteiger partial charge in [0.15, 0.2) is 0 Å². The molecule has 0 fully saturated rings. The van der Waals surface area contributed by atoms with E-state index in [-0.39, 0.29) is 11.2 Å². The molecule has 0 heterocycles. The lowest BCUT2D eigenvalue weighted by molar-refractivity contribution is -0.115. The zero-order valence-electron chi connectivity index (χ0n) is 10.1. The molecule has 3 nitrogen and oxygen atoms in total. The Kier molecular flexibility index (Phi) is 5.58. The minimum atomic E-state index is -0.0956. The maximum Gasteiger partial charge on any atom is 0.237 e. The molecule has 1 rings (SSSR count). The maximum absolute atomic E-state index is 11.8. The number of nitrogens with zero attached hydrogens (tertiary/aromatic N) is 1. The third-order valence-corrected chi connectivity index (χ3v) is 3.60. The van der Waals surface area contributed by atoms with Crippen LogP contribution in [-0.2, 0) is 4.79 Å². The molecule has 0 saturated heterocycles. The van der Waals surface area contributed by atoms with E-state index in [1.807, 2.05) is 6.92 Å². The lowest BCUT2D eigenvalue weighted by atomic mass is 10.2. The summed E-state index contributed by atoms with van der Waals surface area (Å²) in [6.45, 7) is 3.97. The van der Waals surface area contributed by atoms with Gasteiger partial charge in [-0.05, 0) is 31.2 Å². The van der Waals surface area contributed by atoms with Gasteiger partial charge >= 0.3 is 0 Å². The summed E-state index contributed by atoms with van der Waals surface area (Å²) in [5, 5.41) is 11.6. The highest BCUT2D eigenvalue weighted by Gasteiger charge is 2.14. The zero-order valence-corrected chi connectivity index (χ0v) is 10.9. The number of para-hydroxylation sites is 1. The predicted octanol–water partition coefficient (Wildman–Crippen LogP) is 3.03. The van der Waals surface area contributed by atoms with Crippen LogP contribution in [0.2, 0.25) is 0 Å². The molecule has 1 atom stereocenters. The predicted molar refractivity (Wildman–Crippen MR) is 72.0 cm³/mol. The lowest BCUT2D eigenvalue weighted by Crippen LogP contribution is -2.23. The van der Waals surface area contributed by atoms with Gasteiger partial charge in [-0.1, -0.05) is 19.1 Å². The van der Waals surface area contributed by atoms with Gasteiger partial charge in [-0.3, -0.25) is 4.79 Å². The zero-order chi connectivity index (χ0) is 12.7. The van der Waals surface area contributed by atoms with Gasteiger partial charge in [0.05, 0.1) is 16.5 Å².